The zero-order valence-electron chi connectivity index (χ0n) is 16.0. The summed E-state index contributed by atoms with van der Waals surface area (Å²) in [5.41, 5.74) is 1.06. The molecule has 0 fully saturated rings. The first-order valence-electron chi connectivity index (χ1n) is 9.29. The molecule has 1 N–H and O–H groups in total. The van der Waals surface area contributed by atoms with Gasteiger partial charge in [-0.1, -0.05) is 50.6 Å². The van der Waals surface area contributed by atoms with Crippen molar-refractivity contribution in [3.8, 4) is 5.75 Å². The van der Waals surface area contributed by atoms with Gasteiger partial charge in [-0.15, -0.1) is 0 Å². The lowest BCUT2D eigenvalue weighted by Gasteiger charge is -2.28. The van der Waals surface area contributed by atoms with E-state index in [1.807, 2.05) is 68.4 Å². The standard InChI is InChI=1S/C22H29NO3/c1-4-15-22(3,26-16-5-2)21(24)23-19-11-13-20(14-12-19)25-17-18-9-7-6-8-10-18/h6-14H,4-5,15-17H2,1-3H3,(H,23,24)/t22-/m0/s1. The third-order valence-corrected chi connectivity index (χ3v) is 4.19. The molecule has 0 aliphatic rings. The Labute approximate surface area is 156 Å². The molecule has 0 saturated carbocycles. The summed E-state index contributed by atoms with van der Waals surface area (Å²) in [6.07, 6.45) is 2.47. The van der Waals surface area contributed by atoms with Crippen LogP contribution in [0.5, 0.6) is 5.75 Å². The summed E-state index contributed by atoms with van der Waals surface area (Å²) in [5.74, 6) is 0.663. The zero-order valence-corrected chi connectivity index (χ0v) is 16.0. The van der Waals surface area contributed by atoms with Crippen LogP contribution in [0.25, 0.3) is 0 Å². The van der Waals surface area contributed by atoms with Crippen LogP contribution in [0.4, 0.5) is 5.69 Å². The van der Waals surface area contributed by atoms with Crippen LogP contribution in [0.1, 0.15) is 45.6 Å². The van der Waals surface area contributed by atoms with E-state index in [-0.39, 0.29) is 5.91 Å². The molecule has 1 amide bonds. The molecule has 0 unspecified atom stereocenters. The smallest absolute Gasteiger partial charge is 0.256 e. The number of hydrogen-bond donors (Lipinski definition) is 1. The number of ether oxygens (including phenoxy) is 2. The van der Waals surface area contributed by atoms with E-state index in [0.717, 1.165) is 29.8 Å². The molecule has 4 heteroatoms. The Bertz CT molecular complexity index is 670. The van der Waals surface area contributed by atoms with Crippen LogP contribution in [0.3, 0.4) is 0 Å². The molecule has 2 rings (SSSR count). The summed E-state index contributed by atoms with van der Waals surface area (Å²) in [6.45, 7) is 7.05. The van der Waals surface area contributed by atoms with Gasteiger partial charge in [0.1, 0.15) is 18.0 Å². The highest BCUT2D eigenvalue weighted by Crippen LogP contribution is 2.22. The minimum absolute atomic E-state index is 0.106. The Morgan fingerprint density at radius 3 is 2.31 bits per heavy atom. The van der Waals surface area contributed by atoms with Crippen molar-refractivity contribution in [1.29, 1.82) is 0 Å². The Kier molecular flexibility index (Phi) is 7.67. The highest BCUT2D eigenvalue weighted by atomic mass is 16.5. The SMILES string of the molecule is CCCO[C@@](C)(CCC)C(=O)Nc1ccc(OCc2ccccc2)cc1. The second-order valence-corrected chi connectivity index (χ2v) is 6.58. The lowest BCUT2D eigenvalue weighted by molar-refractivity contribution is -0.140. The van der Waals surface area contributed by atoms with Crippen LogP contribution < -0.4 is 10.1 Å². The topological polar surface area (TPSA) is 47.6 Å². The fourth-order valence-electron chi connectivity index (χ4n) is 2.69. The number of benzene rings is 2. The Morgan fingerprint density at radius 1 is 1.00 bits per heavy atom. The number of carbonyl (C=O) groups is 1. The molecular formula is C22H29NO3. The van der Waals surface area contributed by atoms with E-state index in [2.05, 4.69) is 12.2 Å². The molecule has 2 aromatic rings. The minimum Gasteiger partial charge on any atom is -0.489 e. The van der Waals surface area contributed by atoms with E-state index in [9.17, 15) is 4.79 Å². The van der Waals surface area contributed by atoms with Crippen LogP contribution in [0, 0.1) is 0 Å². The van der Waals surface area contributed by atoms with Gasteiger partial charge < -0.3 is 14.8 Å². The molecule has 0 saturated heterocycles. The summed E-state index contributed by atoms with van der Waals surface area (Å²) >= 11 is 0. The molecular weight excluding hydrogens is 326 g/mol. The van der Waals surface area contributed by atoms with Crippen LogP contribution >= 0.6 is 0 Å². The van der Waals surface area contributed by atoms with Crippen molar-refractivity contribution in [1.82, 2.24) is 0 Å². The first-order valence-corrected chi connectivity index (χ1v) is 9.29. The van der Waals surface area contributed by atoms with Gasteiger partial charge in [0.2, 0.25) is 0 Å². The molecule has 2 aromatic carbocycles. The van der Waals surface area contributed by atoms with Gasteiger partial charge in [-0.3, -0.25) is 4.79 Å². The molecule has 140 valence electrons. The maximum atomic E-state index is 12.7. The van der Waals surface area contributed by atoms with Crippen molar-refractivity contribution in [2.45, 2.75) is 52.2 Å². The van der Waals surface area contributed by atoms with Crippen molar-refractivity contribution in [3.63, 3.8) is 0 Å². The van der Waals surface area contributed by atoms with Crippen molar-refractivity contribution in [3.05, 3.63) is 60.2 Å². The number of hydrogen-bond acceptors (Lipinski definition) is 3. The van der Waals surface area contributed by atoms with E-state index in [1.165, 1.54) is 0 Å². The van der Waals surface area contributed by atoms with Gasteiger partial charge in [-0.05, 0) is 49.6 Å². The van der Waals surface area contributed by atoms with E-state index in [1.54, 1.807) is 0 Å². The number of amides is 1. The van der Waals surface area contributed by atoms with Gasteiger partial charge in [0.15, 0.2) is 0 Å². The first-order chi connectivity index (χ1) is 12.6. The third kappa shape index (κ3) is 5.88. The molecule has 4 nitrogen and oxygen atoms in total. The predicted octanol–water partition coefficient (Wildman–Crippen LogP) is 5.19. The zero-order chi connectivity index (χ0) is 18.8. The number of anilines is 1. The summed E-state index contributed by atoms with van der Waals surface area (Å²) in [5, 5.41) is 2.96. The number of rotatable bonds is 10. The molecule has 0 aliphatic carbocycles. The van der Waals surface area contributed by atoms with Crippen LogP contribution in [0.2, 0.25) is 0 Å². The Hall–Kier alpha value is -2.33. The average molecular weight is 355 g/mol. The monoisotopic (exact) mass is 355 g/mol. The number of nitrogens with one attached hydrogen (secondary N) is 1. The van der Waals surface area contributed by atoms with Crippen LogP contribution in [-0.2, 0) is 16.1 Å². The largest absolute Gasteiger partial charge is 0.489 e. The van der Waals surface area contributed by atoms with E-state index in [0.29, 0.717) is 19.6 Å². The molecule has 0 aromatic heterocycles. The second-order valence-electron chi connectivity index (χ2n) is 6.58. The molecule has 0 spiro atoms. The highest BCUT2D eigenvalue weighted by Gasteiger charge is 2.33. The summed E-state index contributed by atoms with van der Waals surface area (Å²) in [4.78, 5) is 12.7. The number of carbonyl (C=O) groups excluding carboxylic acids is 1. The van der Waals surface area contributed by atoms with Crippen LogP contribution in [-0.4, -0.2) is 18.1 Å². The normalized spacial score (nSPS) is 13.0. The second kappa shape index (κ2) is 9.97. The Balaban J connectivity index is 1.93. The molecule has 1 atom stereocenters. The molecule has 0 aliphatic heterocycles. The fourth-order valence-corrected chi connectivity index (χ4v) is 2.69. The van der Waals surface area contributed by atoms with Gasteiger partial charge in [-0.25, -0.2) is 0 Å². The van der Waals surface area contributed by atoms with Gasteiger partial charge in [0, 0.05) is 12.3 Å². The predicted molar refractivity (Wildman–Crippen MR) is 105 cm³/mol. The fraction of sp³-hybridized carbons (Fsp3) is 0.409. The van der Waals surface area contributed by atoms with Crippen molar-refractivity contribution >= 4 is 11.6 Å². The lowest BCUT2D eigenvalue weighted by atomic mass is 9.99. The van der Waals surface area contributed by atoms with E-state index < -0.39 is 5.60 Å². The van der Waals surface area contributed by atoms with Crippen molar-refractivity contribution in [2.24, 2.45) is 0 Å². The molecule has 0 heterocycles. The van der Waals surface area contributed by atoms with Crippen molar-refractivity contribution in [2.75, 3.05) is 11.9 Å². The summed E-state index contributed by atoms with van der Waals surface area (Å²) < 4.78 is 11.6. The maximum Gasteiger partial charge on any atom is 0.256 e. The van der Waals surface area contributed by atoms with Gasteiger partial charge in [-0.2, -0.15) is 0 Å². The lowest BCUT2D eigenvalue weighted by Crippen LogP contribution is -2.43. The third-order valence-electron chi connectivity index (χ3n) is 4.19. The van der Waals surface area contributed by atoms with Crippen LogP contribution in [0.15, 0.2) is 54.6 Å². The summed E-state index contributed by atoms with van der Waals surface area (Å²) in [6, 6.07) is 17.5. The van der Waals surface area contributed by atoms with E-state index >= 15 is 0 Å². The van der Waals surface area contributed by atoms with E-state index in [4.69, 9.17) is 9.47 Å². The van der Waals surface area contributed by atoms with Crippen molar-refractivity contribution < 1.29 is 14.3 Å². The maximum absolute atomic E-state index is 12.7. The quantitative estimate of drug-likeness (QED) is 0.638. The first kappa shape index (κ1) is 20.0. The minimum atomic E-state index is -0.798. The molecule has 26 heavy (non-hydrogen) atoms. The van der Waals surface area contributed by atoms with Gasteiger partial charge in [0.25, 0.3) is 5.91 Å². The highest BCUT2D eigenvalue weighted by molar-refractivity contribution is 5.97. The average Bonchev–Trinajstić information content (AvgIpc) is 2.67. The molecule has 0 bridgehead atoms. The van der Waals surface area contributed by atoms with Gasteiger partial charge in [0.05, 0.1) is 0 Å². The summed E-state index contributed by atoms with van der Waals surface area (Å²) in [7, 11) is 0. The van der Waals surface area contributed by atoms with Gasteiger partial charge >= 0.3 is 0 Å². The Morgan fingerprint density at radius 2 is 1.69 bits per heavy atom. The molecule has 0 radical (unpaired) electrons.